The van der Waals surface area contributed by atoms with Gasteiger partial charge in [0.2, 0.25) is 0 Å². The first-order chi connectivity index (χ1) is 8.86. The van der Waals surface area contributed by atoms with E-state index in [1.807, 2.05) is 0 Å². The van der Waals surface area contributed by atoms with Crippen LogP contribution in [-0.4, -0.2) is 33.2 Å². The van der Waals surface area contributed by atoms with Crippen LogP contribution < -0.4 is 0 Å². The number of carbonyl (C=O) groups is 3. The van der Waals surface area contributed by atoms with E-state index in [1.54, 1.807) is 0 Å². The predicted molar refractivity (Wildman–Crippen MR) is 67.9 cm³/mol. The molecule has 0 atom stereocenters. The van der Waals surface area contributed by atoms with Crippen LogP contribution in [0.5, 0.6) is 0 Å². The van der Waals surface area contributed by atoms with Gasteiger partial charge in [-0.05, 0) is 12.8 Å². The van der Waals surface area contributed by atoms with Crippen molar-refractivity contribution in [3.63, 3.8) is 0 Å². The number of carboxylic acids is 3. The number of rotatable bonds is 10. The average Bonchev–Trinajstić information content (AvgIpc) is 2.30. The molecule has 0 saturated heterocycles. The summed E-state index contributed by atoms with van der Waals surface area (Å²) in [6.07, 6.45) is 5.94. The van der Waals surface area contributed by atoms with Crippen molar-refractivity contribution in [1.82, 2.24) is 0 Å². The van der Waals surface area contributed by atoms with Crippen LogP contribution in [0, 0.1) is 5.41 Å². The molecule has 0 spiro atoms. The lowest BCUT2D eigenvalue weighted by molar-refractivity contribution is -0.165. The van der Waals surface area contributed by atoms with Crippen LogP contribution in [0.3, 0.4) is 0 Å². The fourth-order valence-electron chi connectivity index (χ4n) is 1.66. The van der Waals surface area contributed by atoms with Crippen LogP contribution in [0.25, 0.3) is 0 Å². The molecule has 0 saturated carbocycles. The molecule has 0 aliphatic carbocycles. The van der Waals surface area contributed by atoms with Gasteiger partial charge in [0.25, 0.3) is 0 Å². The van der Waals surface area contributed by atoms with Gasteiger partial charge in [0.05, 0.1) is 6.42 Å². The Labute approximate surface area is 111 Å². The standard InChI is InChI=1S/C13H20O6/c1-2-3-4-5-6-7-8-13(11(16)17,12(18)19)9-10(14)15/h7-8H,2-6,9H2,1H3,(H,14,15)(H,16,17)(H,18,19). The normalized spacial score (nSPS) is 11.6. The molecule has 6 nitrogen and oxygen atoms in total. The lowest BCUT2D eigenvalue weighted by Gasteiger charge is -2.18. The summed E-state index contributed by atoms with van der Waals surface area (Å²) in [5.41, 5.74) is -2.38. The van der Waals surface area contributed by atoms with Crippen molar-refractivity contribution in [2.24, 2.45) is 5.41 Å². The lowest BCUT2D eigenvalue weighted by Crippen LogP contribution is -2.39. The highest BCUT2D eigenvalue weighted by Gasteiger charge is 2.46. The molecule has 0 amide bonds. The SMILES string of the molecule is CCCCCCC=CC(CC(=O)O)(C(=O)O)C(=O)O. The van der Waals surface area contributed by atoms with Crippen molar-refractivity contribution >= 4 is 17.9 Å². The highest BCUT2D eigenvalue weighted by atomic mass is 16.4. The molecule has 0 aliphatic rings. The van der Waals surface area contributed by atoms with Crippen molar-refractivity contribution in [3.8, 4) is 0 Å². The molecule has 19 heavy (non-hydrogen) atoms. The molecule has 108 valence electrons. The third kappa shape index (κ3) is 5.54. The smallest absolute Gasteiger partial charge is 0.325 e. The van der Waals surface area contributed by atoms with Crippen LogP contribution >= 0.6 is 0 Å². The van der Waals surface area contributed by atoms with E-state index in [1.165, 1.54) is 6.08 Å². The summed E-state index contributed by atoms with van der Waals surface area (Å²) < 4.78 is 0. The first-order valence-electron chi connectivity index (χ1n) is 6.23. The predicted octanol–water partition coefficient (Wildman–Crippen LogP) is 2.14. The quantitative estimate of drug-likeness (QED) is 0.319. The summed E-state index contributed by atoms with van der Waals surface area (Å²) >= 11 is 0. The maximum Gasteiger partial charge on any atom is 0.325 e. The van der Waals surface area contributed by atoms with Gasteiger partial charge in [-0.2, -0.15) is 0 Å². The van der Waals surface area contributed by atoms with Crippen LogP contribution in [0.2, 0.25) is 0 Å². The number of unbranched alkanes of at least 4 members (excludes halogenated alkanes) is 4. The Morgan fingerprint density at radius 1 is 1.00 bits per heavy atom. The van der Waals surface area contributed by atoms with Crippen molar-refractivity contribution < 1.29 is 29.7 Å². The van der Waals surface area contributed by atoms with E-state index < -0.39 is 29.7 Å². The molecule has 0 aromatic rings. The van der Waals surface area contributed by atoms with Crippen LogP contribution in [0.15, 0.2) is 12.2 Å². The zero-order valence-electron chi connectivity index (χ0n) is 11.0. The molecular formula is C13H20O6. The van der Waals surface area contributed by atoms with E-state index in [0.29, 0.717) is 6.42 Å². The topological polar surface area (TPSA) is 112 Å². The fourth-order valence-corrected chi connectivity index (χ4v) is 1.66. The molecule has 0 radical (unpaired) electrons. The van der Waals surface area contributed by atoms with Gasteiger partial charge in [0, 0.05) is 0 Å². The average molecular weight is 272 g/mol. The number of allylic oxidation sites excluding steroid dienone is 1. The molecule has 0 fully saturated rings. The van der Waals surface area contributed by atoms with Crippen LogP contribution in [0.1, 0.15) is 45.4 Å². The first kappa shape index (κ1) is 17.2. The maximum atomic E-state index is 11.1. The van der Waals surface area contributed by atoms with Gasteiger partial charge < -0.3 is 15.3 Å². The molecule has 6 heteroatoms. The second-order valence-electron chi connectivity index (χ2n) is 4.40. The van der Waals surface area contributed by atoms with Crippen molar-refractivity contribution in [1.29, 1.82) is 0 Å². The van der Waals surface area contributed by atoms with Gasteiger partial charge in [0.15, 0.2) is 5.41 Å². The Morgan fingerprint density at radius 3 is 2.00 bits per heavy atom. The van der Waals surface area contributed by atoms with Gasteiger partial charge in [-0.3, -0.25) is 14.4 Å². The summed E-state index contributed by atoms with van der Waals surface area (Å²) in [6.45, 7) is 2.06. The van der Waals surface area contributed by atoms with Crippen molar-refractivity contribution in [2.45, 2.75) is 45.4 Å². The molecule has 0 rings (SSSR count). The number of carboxylic acid groups (broad SMARTS) is 3. The summed E-state index contributed by atoms with van der Waals surface area (Å²) in [4.78, 5) is 32.8. The Hall–Kier alpha value is -1.85. The van der Waals surface area contributed by atoms with Crippen LogP contribution in [0.4, 0.5) is 0 Å². The largest absolute Gasteiger partial charge is 0.481 e. The van der Waals surface area contributed by atoms with E-state index in [9.17, 15) is 14.4 Å². The van der Waals surface area contributed by atoms with E-state index in [-0.39, 0.29) is 0 Å². The minimum atomic E-state index is -2.38. The molecule has 0 unspecified atom stereocenters. The minimum absolute atomic E-state index is 0.544. The van der Waals surface area contributed by atoms with Crippen molar-refractivity contribution in [3.05, 3.63) is 12.2 Å². The Bertz CT molecular complexity index is 344. The lowest BCUT2D eigenvalue weighted by atomic mass is 9.84. The molecule has 0 heterocycles. The van der Waals surface area contributed by atoms with E-state index in [0.717, 1.165) is 31.8 Å². The van der Waals surface area contributed by atoms with Gasteiger partial charge in [0.1, 0.15) is 0 Å². The van der Waals surface area contributed by atoms with E-state index in [2.05, 4.69) is 6.92 Å². The molecule has 3 N–H and O–H groups in total. The molecular weight excluding hydrogens is 252 g/mol. The minimum Gasteiger partial charge on any atom is -0.481 e. The summed E-state index contributed by atoms with van der Waals surface area (Å²) in [5.74, 6) is -4.78. The Balaban J connectivity index is 4.75. The van der Waals surface area contributed by atoms with Gasteiger partial charge in [-0.1, -0.05) is 38.3 Å². The molecule has 0 aromatic carbocycles. The number of hydrogen-bond acceptors (Lipinski definition) is 3. The van der Waals surface area contributed by atoms with Crippen molar-refractivity contribution in [2.75, 3.05) is 0 Å². The van der Waals surface area contributed by atoms with Gasteiger partial charge in [-0.25, -0.2) is 0 Å². The highest BCUT2D eigenvalue weighted by Crippen LogP contribution is 2.26. The fraction of sp³-hybridized carbons (Fsp3) is 0.615. The van der Waals surface area contributed by atoms with E-state index in [4.69, 9.17) is 15.3 Å². The summed E-state index contributed by atoms with van der Waals surface area (Å²) in [5, 5.41) is 26.6. The monoisotopic (exact) mass is 272 g/mol. The first-order valence-corrected chi connectivity index (χ1v) is 6.23. The van der Waals surface area contributed by atoms with Crippen LogP contribution in [-0.2, 0) is 14.4 Å². The second kappa shape index (κ2) is 8.29. The Morgan fingerprint density at radius 2 is 1.58 bits per heavy atom. The zero-order valence-corrected chi connectivity index (χ0v) is 11.0. The number of hydrogen-bond donors (Lipinski definition) is 3. The molecule has 0 aromatic heterocycles. The molecule has 0 bridgehead atoms. The Kier molecular flexibility index (Phi) is 7.48. The number of aliphatic carboxylic acids is 3. The second-order valence-corrected chi connectivity index (χ2v) is 4.40. The van der Waals surface area contributed by atoms with E-state index >= 15 is 0 Å². The molecule has 0 aliphatic heterocycles. The third-order valence-electron chi connectivity index (χ3n) is 2.82. The third-order valence-corrected chi connectivity index (χ3v) is 2.82. The van der Waals surface area contributed by atoms with Gasteiger partial charge >= 0.3 is 17.9 Å². The summed E-state index contributed by atoms with van der Waals surface area (Å²) in [6, 6.07) is 0. The summed E-state index contributed by atoms with van der Waals surface area (Å²) in [7, 11) is 0. The van der Waals surface area contributed by atoms with Gasteiger partial charge in [-0.15, -0.1) is 0 Å². The highest BCUT2D eigenvalue weighted by molar-refractivity contribution is 6.03. The zero-order chi connectivity index (χ0) is 14.9. The maximum absolute atomic E-state index is 11.1.